The minimum atomic E-state index is -0.269. The van der Waals surface area contributed by atoms with Crippen LogP contribution in [0.5, 0.6) is 0 Å². The third kappa shape index (κ3) is 6.28. The molecule has 0 bridgehead atoms. The van der Waals surface area contributed by atoms with Gasteiger partial charge in [0, 0.05) is 25.8 Å². The van der Waals surface area contributed by atoms with Crippen molar-refractivity contribution in [3.05, 3.63) is 35.9 Å². The van der Waals surface area contributed by atoms with Gasteiger partial charge in [0.15, 0.2) is 0 Å². The average molecular weight is 369 g/mol. The van der Waals surface area contributed by atoms with Gasteiger partial charge in [0.2, 0.25) is 5.91 Å². The van der Waals surface area contributed by atoms with Crippen LogP contribution in [0.2, 0.25) is 0 Å². The van der Waals surface area contributed by atoms with Gasteiger partial charge in [0.25, 0.3) is 0 Å². The van der Waals surface area contributed by atoms with E-state index in [0.717, 1.165) is 31.7 Å². The van der Waals surface area contributed by atoms with Gasteiger partial charge in [-0.2, -0.15) is 0 Å². The van der Waals surface area contributed by atoms with E-state index >= 15 is 0 Å². The number of benzene rings is 1. The largest absolute Gasteiger partial charge is 0.382 e. The van der Waals surface area contributed by atoms with Gasteiger partial charge in [0.05, 0.1) is 5.92 Å². The Hall–Kier alpha value is -1.10. The summed E-state index contributed by atoms with van der Waals surface area (Å²) in [6.45, 7) is 6.21. The number of halogens is 1. The number of nitrogens with two attached hydrogens (primary N) is 1. The molecule has 0 aliphatic heterocycles. The molecule has 1 aromatic carbocycles. The summed E-state index contributed by atoms with van der Waals surface area (Å²) < 4.78 is 5.54. The zero-order valence-electron chi connectivity index (χ0n) is 15.5. The van der Waals surface area contributed by atoms with Crippen LogP contribution in [0, 0.1) is 11.3 Å². The van der Waals surface area contributed by atoms with Crippen LogP contribution in [0.4, 0.5) is 0 Å². The molecule has 25 heavy (non-hydrogen) atoms. The number of ether oxygens (including phenoxy) is 1. The number of rotatable bonds is 9. The Balaban J connectivity index is 0.00000312. The number of carbonyl (C=O) groups is 1. The van der Waals surface area contributed by atoms with Crippen molar-refractivity contribution in [2.24, 2.45) is 17.1 Å². The summed E-state index contributed by atoms with van der Waals surface area (Å²) in [4.78, 5) is 12.6. The molecule has 1 aromatic rings. The van der Waals surface area contributed by atoms with Crippen LogP contribution >= 0.6 is 12.4 Å². The maximum Gasteiger partial charge on any atom is 0.224 e. The monoisotopic (exact) mass is 368 g/mol. The van der Waals surface area contributed by atoms with Crippen LogP contribution in [0.25, 0.3) is 0 Å². The Bertz CT molecular complexity index is 504. The van der Waals surface area contributed by atoms with Crippen molar-refractivity contribution in [2.75, 3.05) is 19.8 Å². The Morgan fingerprint density at radius 3 is 2.52 bits per heavy atom. The first-order valence-electron chi connectivity index (χ1n) is 9.24. The Morgan fingerprint density at radius 2 is 1.92 bits per heavy atom. The SMILES string of the molecule is CCOCCC1(CNC(=O)C(C)C(N)c2ccccc2)CCCC1.Cl. The number of hydrogen-bond donors (Lipinski definition) is 2. The molecule has 2 atom stereocenters. The second-order valence-corrected chi connectivity index (χ2v) is 7.10. The highest BCUT2D eigenvalue weighted by Gasteiger charge is 2.34. The van der Waals surface area contributed by atoms with Crippen molar-refractivity contribution in [3.63, 3.8) is 0 Å². The third-order valence-electron chi connectivity index (χ3n) is 5.42. The van der Waals surface area contributed by atoms with Crippen molar-refractivity contribution in [3.8, 4) is 0 Å². The quantitative estimate of drug-likeness (QED) is 0.651. The second kappa shape index (κ2) is 10.8. The van der Waals surface area contributed by atoms with Gasteiger partial charge in [-0.1, -0.05) is 50.1 Å². The van der Waals surface area contributed by atoms with Crippen LogP contribution in [0.3, 0.4) is 0 Å². The fourth-order valence-corrected chi connectivity index (χ4v) is 3.64. The van der Waals surface area contributed by atoms with Crippen LogP contribution in [-0.4, -0.2) is 25.7 Å². The molecule has 3 N–H and O–H groups in total. The van der Waals surface area contributed by atoms with Crippen LogP contribution in [0.15, 0.2) is 30.3 Å². The van der Waals surface area contributed by atoms with E-state index in [2.05, 4.69) is 5.32 Å². The number of carbonyl (C=O) groups excluding carboxylic acids is 1. The zero-order valence-corrected chi connectivity index (χ0v) is 16.3. The van der Waals surface area contributed by atoms with E-state index in [4.69, 9.17) is 10.5 Å². The summed E-state index contributed by atoms with van der Waals surface area (Å²) in [6, 6.07) is 9.57. The topological polar surface area (TPSA) is 64.3 Å². The lowest BCUT2D eigenvalue weighted by atomic mass is 9.82. The molecule has 1 aliphatic rings. The zero-order chi connectivity index (χ0) is 17.4. The highest BCUT2D eigenvalue weighted by molar-refractivity contribution is 5.85. The predicted molar refractivity (Wildman–Crippen MR) is 105 cm³/mol. The Labute approximate surface area is 158 Å². The number of nitrogens with one attached hydrogen (secondary N) is 1. The summed E-state index contributed by atoms with van der Waals surface area (Å²) in [5.74, 6) is -0.188. The smallest absolute Gasteiger partial charge is 0.224 e. The van der Waals surface area contributed by atoms with Crippen LogP contribution in [-0.2, 0) is 9.53 Å². The molecular weight excluding hydrogens is 336 g/mol. The van der Waals surface area contributed by atoms with Crippen LogP contribution < -0.4 is 11.1 Å². The van der Waals surface area contributed by atoms with Crippen molar-refractivity contribution in [2.45, 2.75) is 52.0 Å². The minimum absolute atomic E-state index is 0. The highest BCUT2D eigenvalue weighted by Crippen LogP contribution is 2.40. The summed E-state index contributed by atoms with van der Waals surface area (Å²) in [6.07, 6.45) is 5.89. The second-order valence-electron chi connectivity index (χ2n) is 7.10. The summed E-state index contributed by atoms with van der Waals surface area (Å²) in [7, 11) is 0. The molecule has 0 aromatic heterocycles. The molecule has 1 amide bonds. The molecule has 1 fully saturated rings. The summed E-state index contributed by atoms with van der Waals surface area (Å²) >= 11 is 0. The maximum atomic E-state index is 12.6. The molecule has 5 heteroatoms. The molecule has 142 valence electrons. The van der Waals surface area contributed by atoms with Gasteiger partial charge >= 0.3 is 0 Å². The van der Waals surface area contributed by atoms with E-state index < -0.39 is 0 Å². The van der Waals surface area contributed by atoms with E-state index in [-0.39, 0.29) is 35.7 Å². The normalized spacial score (nSPS) is 18.2. The number of hydrogen-bond acceptors (Lipinski definition) is 3. The van der Waals surface area contributed by atoms with Crippen LogP contribution in [0.1, 0.15) is 57.6 Å². The fraction of sp³-hybridized carbons (Fsp3) is 0.650. The molecule has 0 spiro atoms. The van der Waals surface area contributed by atoms with Gasteiger partial charge in [0.1, 0.15) is 0 Å². The van der Waals surface area contributed by atoms with E-state index in [0.29, 0.717) is 0 Å². The lowest BCUT2D eigenvalue weighted by Gasteiger charge is -2.30. The molecule has 1 saturated carbocycles. The van der Waals surface area contributed by atoms with Crippen molar-refractivity contribution < 1.29 is 9.53 Å². The molecule has 1 aliphatic carbocycles. The van der Waals surface area contributed by atoms with Gasteiger partial charge in [-0.05, 0) is 37.2 Å². The van der Waals surface area contributed by atoms with Crippen molar-refractivity contribution in [1.29, 1.82) is 0 Å². The van der Waals surface area contributed by atoms with Gasteiger partial charge in [-0.3, -0.25) is 4.79 Å². The van der Waals surface area contributed by atoms with E-state index in [1.807, 2.05) is 44.2 Å². The average Bonchev–Trinajstić information content (AvgIpc) is 3.08. The molecule has 2 rings (SSSR count). The maximum absolute atomic E-state index is 12.6. The Morgan fingerprint density at radius 1 is 1.28 bits per heavy atom. The third-order valence-corrected chi connectivity index (χ3v) is 5.42. The fourth-order valence-electron chi connectivity index (χ4n) is 3.64. The van der Waals surface area contributed by atoms with E-state index in [1.165, 1.54) is 25.7 Å². The first-order valence-corrected chi connectivity index (χ1v) is 9.24. The first kappa shape index (κ1) is 21.9. The molecule has 0 saturated heterocycles. The highest BCUT2D eigenvalue weighted by atomic mass is 35.5. The summed E-state index contributed by atoms with van der Waals surface area (Å²) in [5, 5.41) is 3.17. The van der Waals surface area contributed by atoms with E-state index in [1.54, 1.807) is 0 Å². The first-order chi connectivity index (χ1) is 11.6. The van der Waals surface area contributed by atoms with Crippen molar-refractivity contribution in [1.82, 2.24) is 5.32 Å². The Kier molecular flexibility index (Phi) is 9.47. The van der Waals surface area contributed by atoms with Crippen molar-refractivity contribution >= 4 is 18.3 Å². The number of amides is 1. The standard InChI is InChI=1S/C20H32N2O2.ClH/c1-3-24-14-13-20(11-7-8-12-20)15-22-19(23)16(2)18(21)17-9-5-4-6-10-17;/h4-6,9-10,16,18H,3,7-8,11-15,21H2,1-2H3,(H,22,23);1H. The summed E-state index contributed by atoms with van der Waals surface area (Å²) in [5.41, 5.74) is 7.49. The molecule has 4 nitrogen and oxygen atoms in total. The van der Waals surface area contributed by atoms with Gasteiger partial charge < -0.3 is 15.8 Å². The lowest BCUT2D eigenvalue weighted by Crippen LogP contribution is -2.41. The molecule has 2 unspecified atom stereocenters. The predicted octanol–water partition coefficient (Wildman–Crippen LogP) is 3.85. The minimum Gasteiger partial charge on any atom is -0.382 e. The molecule has 0 heterocycles. The molecule has 0 radical (unpaired) electrons. The lowest BCUT2D eigenvalue weighted by molar-refractivity contribution is -0.125. The van der Waals surface area contributed by atoms with Gasteiger partial charge in [-0.15, -0.1) is 12.4 Å². The van der Waals surface area contributed by atoms with E-state index in [9.17, 15) is 4.79 Å². The van der Waals surface area contributed by atoms with Gasteiger partial charge in [-0.25, -0.2) is 0 Å². The molecular formula is C20H33ClN2O2.